The number of carbonyl (C=O) groups excluding carboxylic acids is 1. The standard InChI is InChI=1S/C24H30N6O3/c1-29-16-19(14-27-29)28-23-12-20(8-9-25-23)30-10-4-5-18(15-30)24(31)26-13-17-6-7-21(32-2)22(11-17)33-3/h6-9,11-12,14,16,18H,4-5,10,13,15H2,1-3H3,(H,25,28)(H,26,31). The number of carbonyl (C=O) groups is 1. The van der Waals surface area contributed by atoms with Crippen LogP contribution >= 0.6 is 0 Å². The fourth-order valence-electron chi connectivity index (χ4n) is 4.07. The summed E-state index contributed by atoms with van der Waals surface area (Å²) in [4.78, 5) is 19.6. The Labute approximate surface area is 193 Å². The second-order valence-electron chi connectivity index (χ2n) is 8.12. The topological polar surface area (TPSA) is 93.5 Å². The molecule has 1 unspecified atom stereocenters. The average molecular weight is 451 g/mol. The molecule has 1 saturated heterocycles. The molecule has 1 aliphatic heterocycles. The summed E-state index contributed by atoms with van der Waals surface area (Å²) in [6.45, 7) is 2.04. The third-order valence-electron chi connectivity index (χ3n) is 5.79. The van der Waals surface area contributed by atoms with Crippen LogP contribution in [0.2, 0.25) is 0 Å². The number of pyridine rings is 1. The van der Waals surface area contributed by atoms with Gasteiger partial charge in [-0.25, -0.2) is 4.98 Å². The van der Waals surface area contributed by atoms with Crippen molar-refractivity contribution in [2.75, 3.05) is 37.5 Å². The zero-order valence-electron chi connectivity index (χ0n) is 19.2. The Balaban J connectivity index is 1.36. The molecule has 0 saturated carbocycles. The van der Waals surface area contributed by atoms with Crippen molar-refractivity contribution in [1.29, 1.82) is 0 Å². The molecule has 1 aromatic carbocycles. The Morgan fingerprint density at radius 2 is 2.03 bits per heavy atom. The molecule has 1 amide bonds. The van der Waals surface area contributed by atoms with E-state index in [0.717, 1.165) is 42.1 Å². The van der Waals surface area contributed by atoms with Crippen LogP contribution in [0.3, 0.4) is 0 Å². The van der Waals surface area contributed by atoms with E-state index in [0.29, 0.717) is 24.6 Å². The van der Waals surface area contributed by atoms with Crippen LogP contribution < -0.4 is 25.0 Å². The predicted octanol–water partition coefficient (Wildman–Crippen LogP) is 3.11. The van der Waals surface area contributed by atoms with Gasteiger partial charge in [0.2, 0.25) is 5.91 Å². The van der Waals surface area contributed by atoms with E-state index in [1.807, 2.05) is 43.6 Å². The van der Waals surface area contributed by atoms with Crippen molar-refractivity contribution in [1.82, 2.24) is 20.1 Å². The van der Waals surface area contributed by atoms with Gasteiger partial charge in [-0.3, -0.25) is 9.48 Å². The number of hydrogen-bond donors (Lipinski definition) is 2. The second-order valence-corrected chi connectivity index (χ2v) is 8.12. The number of nitrogens with one attached hydrogen (secondary N) is 2. The van der Waals surface area contributed by atoms with Crippen molar-refractivity contribution < 1.29 is 14.3 Å². The maximum Gasteiger partial charge on any atom is 0.225 e. The van der Waals surface area contributed by atoms with Crippen LogP contribution in [0, 0.1) is 5.92 Å². The van der Waals surface area contributed by atoms with Crippen LogP contribution in [-0.4, -0.2) is 48.0 Å². The molecule has 4 rings (SSSR count). The van der Waals surface area contributed by atoms with Crippen LogP contribution in [0.25, 0.3) is 0 Å². The molecule has 9 heteroatoms. The number of ether oxygens (including phenoxy) is 2. The van der Waals surface area contributed by atoms with Crippen molar-refractivity contribution in [3.8, 4) is 11.5 Å². The van der Waals surface area contributed by atoms with Gasteiger partial charge in [-0.1, -0.05) is 6.07 Å². The number of rotatable bonds is 8. The molecule has 3 heterocycles. The molecule has 1 fully saturated rings. The molecule has 0 radical (unpaired) electrons. The number of nitrogens with zero attached hydrogens (tertiary/aromatic N) is 4. The third kappa shape index (κ3) is 5.54. The highest BCUT2D eigenvalue weighted by Gasteiger charge is 2.26. The van der Waals surface area contributed by atoms with Crippen molar-refractivity contribution in [2.24, 2.45) is 13.0 Å². The number of anilines is 3. The Kier molecular flexibility index (Phi) is 6.97. The Morgan fingerprint density at radius 3 is 2.79 bits per heavy atom. The van der Waals surface area contributed by atoms with E-state index in [2.05, 4.69) is 25.6 Å². The number of hydrogen-bond acceptors (Lipinski definition) is 7. The first-order valence-electron chi connectivity index (χ1n) is 11.0. The Hall–Kier alpha value is -3.75. The first-order chi connectivity index (χ1) is 16.1. The summed E-state index contributed by atoms with van der Waals surface area (Å²) in [7, 11) is 5.08. The fourth-order valence-corrected chi connectivity index (χ4v) is 4.07. The fraction of sp³-hybridized carbons (Fsp3) is 0.375. The van der Waals surface area contributed by atoms with Gasteiger partial charge in [0.05, 0.1) is 32.0 Å². The zero-order chi connectivity index (χ0) is 23.2. The smallest absolute Gasteiger partial charge is 0.225 e. The summed E-state index contributed by atoms with van der Waals surface area (Å²) in [5, 5.41) is 10.5. The summed E-state index contributed by atoms with van der Waals surface area (Å²) in [5.74, 6) is 2.08. The van der Waals surface area contributed by atoms with Gasteiger partial charge in [-0.15, -0.1) is 0 Å². The largest absolute Gasteiger partial charge is 0.493 e. The quantitative estimate of drug-likeness (QED) is 0.545. The van der Waals surface area contributed by atoms with E-state index in [1.54, 1.807) is 31.3 Å². The highest BCUT2D eigenvalue weighted by Crippen LogP contribution is 2.28. The van der Waals surface area contributed by atoms with Crippen molar-refractivity contribution >= 4 is 23.1 Å². The van der Waals surface area contributed by atoms with Gasteiger partial charge in [0.15, 0.2) is 11.5 Å². The van der Waals surface area contributed by atoms with Crippen LogP contribution in [0.15, 0.2) is 48.9 Å². The van der Waals surface area contributed by atoms with Gasteiger partial charge in [0.1, 0.15) is 5.82 Å². The van der Waals surface area contributed by atoms with Gasteiger partial charge < -0.3 is 25.0 Å². The predicted molar refractivity (Wildman–Crippen MR) is 127 cm³/mol. The molecule has 1 atom stereocenters. The van der Waals surface area contributed by atoms with Gasteiger partial charge in [0.25, 0.3) is 0 Å². The maximum atomic E-state index is 12.9. The summed E-state index contributed by atoms with van der Waals surface area (Å²) >= 11 is 0. The minimum Gasteiger partial charge on any atom is -0.493 e. The monoisotopic (exact) mass is 450 g/mol. The van der Waals surface area contributed by atoms with Gasteiger partial charge in [-0.05, 0) is 36.6 Å². The molecule has 9 nitrogen and oxygen atoms in total. The number of amides is 1. The van der Waals surface area contributed by atoms with E-state index in [4.69, 9.17) is 9.47 Å². The molecule has 3 aromatic rings. The maximum absolute atomic E-state index is 12.9. The third-order valence-corrected chi connectivity index (χ3v) is 5.79. The van der Waals surface area contributed by atoms with Gasteiger partial charge in [-0.2, -0.15) is 5.10 Å². The van der Waals surface area contributed by atoms with Gasteiger partial charge in [0, 0.05) is 50.8 Å². The van der Waals surface area contributed by atoms with E-state index in [1.165, 1.54) is 0 Å². The van der Waals surface area contributed by atoms with Gasteiger partial charge >= 0.3 is 0 Å². The van der Waals surface area contributed by atoms with Crippen molar-refractivity contribution in [3.05, 3.63) is 54.5 Å². The molecule has 0 aliphatic carbocycles. The lowest BCUT2D eigenvalue weighted by atomic mass is 9.96. The van der Waals surface area contributed by atoms with Crippen LogP contribution in [0.5, 0.6) is 11.5 Å². The number of methoxy groups -OCH3 is 2. The molecule has 1 aliphatic rings. The van der Waals surface area contributed by atoms with Crippen LogP contribution in [0.4, 0.5) is 17.2 Å². The van der Waals surface area contributed by atoms with E-state index in [-0.39, 0.29) is 11.8 Å². The number of piperidine rings is 1. The summed E-state index contributed by atoms with van der Waals surface area (Å²) in [5.41, 5.74) is 2.90. The highest BCUT2D eigenvalue weighted by molar-refractivity contribution is 5.79. The van der Waals surface area contributed by atoms with E-state index >= 15 is 0 Å². The van der Waals surface area contributed by atoms with Crippen molar-refractivity contribution in [3.63, 3.8) is 0 Å². The van der Waals surface area contributed by atoms with Crippen LogP contribution in [0.1, 0.15) is 18.4 Å². The lowest BCUT2D eigenvalue weighted by molar-refractivity contribution is -0.125. The molecular formula is C24H30N6O3. The number of benzene rings is 1. The Bertz CT molecular complexity index is 1100. The lowest BCUT2D eigenvalue weighted by Crippen LogP contribution is -2.43. The highest BCUT2D eigenvalue weighted by atomic mass is 16.5. The number of aryl methyl sites for hydroxylation is 1. The molecular weight excluding hydrogens is 420 g/mol. The minimum atomic E-state index is -0.0678. The number of aromatic nitrogens is 3. The van der Waals surface area contributed by atoms with Crippen molar-refractivity contribution in [2.45, 2.75) is 19.4 Å². The average Bonchev–Trinajstić information content (AvgIpc) is 3.26. The molecule has 174 valence electrons. The van der Waals surface area contributed by atoms with E-state index < -0.39 is 0 Å². The molecule has 0 spiro atoms. The summed E-state index contributed by atoms with van der Waals surface area (Å²) in [6, 6.07) is 9.67. The molecule has 2 aromatic heterocycles. The lowest BCUT2D eigenvalue weighted by Gasteiger charge is -2.33. The molecule has 0 bridgehead atoms. The summed E-state index contributed by atoms with van der Waals surface area (Å²) in [6.07, 6.45) is 7.28. The Morgan fingerprint density at radius 1 is 1.18 bits per heavy atom. The van der Waals surface area contributed by atoms with E-state index in [9.17, 15) is 4.79 Å². The molecule has 2 N–H and O–H groups in total. The zero-order valence-corrected chi connectivity index (χ0v) is 19.2. The first kappa shape index (κ1) is 22.4. The molecule has 33 heavy (non-hydrogen) atoms. The van der Waals surface area contributed by atoms with Crippen LogP contribution in [-0.2, 0) is 18.4 Å². The first-order valence-corrected chi connectivity index (χ1v) is 11.0. The normalized spacial score (nSPS) is 15.7. The second kappa shape index (κ2) is 10.2. The minimum absolute atomic E-state index is 0.0669. The SMILES string of the molecule is COc1ccc(CNC(=O)C2CCCN(c3ccnc(Nc4cnn(C)c4)c3)C2)cc1OC. The summed E-state index contributed by atoms with van der Waals surface area (Å²) < 4.78 is 12.4.